The lowest BCUT2D eigenvalue weighted by atomic mass is 9.52. The van der Waals surface area contributed by atoms with Crippen LogP contribution in [0.25, 0.3) is 0 Å². The molecule has 0 aromatic heterocycles. The van der Waals surface area contributed by atoms with E-state index in [1.807, 2.05) is 0 Å². The maximum absolute atomic E-state index is 9.54. The minimum Gasteiger partial charge on any atom is -0.396 e. The standard InChI is InChI=1S/C22H32O/c1-15-14-20-17-8-7-16-6-4-5-11-21(16,2)19(17)9-12-22(20,3)18(15)10-13-23/h5-6,9,11,15,17-18,20,23H,4,7-8,10,12-14H2,1-3H3/t15-,17-,18+,20+,21+,22-/m1/s1. The smallest absolute Gasteiger partial charge is 0.0433 e. The molecule has 4 rings (SSSR count). The van der Waals surface area contributed by atoms with Crippen LogP contribution in [0.4, 0.5) is 0 Å². The molecular weight excluding hydrogens is 280 g/mol. The maximum atomic E-state index is 9.54. The highest BCUT2D eigenvalue weighted by Crippen LogP contribution is 2.65. The van der Waals surface area contributed by atoms with Crippen LogP contribution in [0, 0.1) is 34.5 Å². The highest BCUT2D eigenvalue weighted by molar-refractivity contribution is 5.43. The molecule has 2 fully saturated rings. The predicted octanol–water partition coefficient (Wildman–Crippen LogP) is 5.28. The van der Waals surface area contributed by atoms with Gasteiger partial charge in [0.25, 0.3) is 0 Å². The van der Waals surface area contributed by atoms with E-state index in [2.05, 4.69) is 45.1 Å². The topological polar surface area (TPSA) is 20.2 Å². The Kier molecular flexibility index (Phi) is 3.65. The molecule has 0 saturated heterocycles. The quantitative estimate of drug-likeness (QED) is 0.688. The minimum atomic E-state index is 0.209. The molecule has 2 saturated carbocycles. The Morgan fingerprint density at radius 1 is 1.26 bits per heavy atom. The van der Waals surface area contributed by atoms with Gasteiger partial charge in [-0.2, -0.15) is 0 Å². The van der Waals surface area contributed by atoms with E-state index in [-0.39, 0.29) is 5.41 Å². The van der Waals surface area contributed by atoms with E-state index in [4.69, 9.17) is 0 Å². The van der Waals surface area contributed by atoms with Gasteiger partial charge in [-0.05, 0) is 74.5 Å². The predicted molar refractivity (Wildman–Crippen MR) is 95.9 cm³/mol. The van der Waals surface area contributed by atoms with Gasteiger partial charge in [-0.3, -0.25) is 0 Å². The Bertz CT molecular complexity index is 583. The van der Waals surface area contributed by atoms with Crippen LogP contribution in [-0.2, 0) is 0 Å². The van der Waals surface area contributed by atoms with Crippen LogP contribution in [0.15, 0.2) is 35.5 Å². The second kappa shape index (κ2) is 5.34. The summed E-state index contributed by atoms with van der Waals surface area (Å²) in [5.74, 6) is 3.05. The van der Waals surface area contributed by atoms with Gasteiger partial charge in [0, 0.05) is 12.0 Å². The molecule has 1 heteroatoms. The van der Waals surface area contributed by atoms with E-state index < -0.39 is 0 Å². The Morgan fingerprint density at radius 2 is 2.09 bits per heavy atom. The Morgan fingerprint density at radius 3 is 2.87 bits per heavy atom. The van der Waals surface area contributed by atoms with Gasteiger partial charge in [0.1, 0.15) is 0 Å². The van der Waals surface area contributed by atoms with Crippen molar-refractivity contribution in [1.82, 2.24) is 0 Å². The molecule has 4 aliphatic rings. The van der Waals surface area contributed by atoms with Gasteiger partial charge < -0.3 is 5.11 Å². The first-order valence-corrected chi connectivity index (χ1v) is 9.69. The average molecular weight is 312 g/mol. The normalized spacial score (nSPS) is 48.2. The van der Waals surface area contributed by atoms with Crippen molar-refractivity contribution in [3.63, 3.8) is 0 Å². The Balaban J connectivity index is 1.73. The van der Waals surface area contributed by atoms with Crippen LogP contribution in [0.3, 0.4) is 0 Å². The summed E-state index contributed by atoms with van der Waals surface area (Å²) >= 11 is 0. The molecule has 6 atom stereocenters. The van der Waals surface area contributed by atoms with Crippen LogP contribution in [0.5, 0.6) is 0 Å². The molecule has 0 amide bonds. The van der Waals surface area contributed by atoms with E-state index in [1.54, 1.807) is 11.1 Å². The zero-order chi connectivity index (χ0) is 16.2. The van der Waals surface area contributed by atoms with Crippen molar-refractivity contribution in [2.24, 2.45) is 34.5 Å². The monoisotopic (exact) mass is 312 g/mol. The molecule has 23 heavy (non-hydrogen) atoms. The number of allylic oxidation sites excluding steroid dienone is 6. The highest BCUT2D eigenvalue weighted by atomic mass is 16.3. The number of rotatable bonds is 2. The summed E-state index contributed by atoms with van der Waals surface area (Å²) in [4.78, 5) is 0. The van der Waals surface area contributed by atoms with Gasteiger partial charge in [-0.1, -0.05) is 49.3 Å². The Labute approximate surface area is 141 Å². The lowest BCUT2D eigenvalue weighted by Crippen LogP contribution is -2.43. The fourth-order valence-corrected chi connectivity index (χ4v) is 6.88. The number of hydrogen-bond donors (Lipinski definition) is 1. The fraction of sp³-hybridized carbons (Fsp3) is 0.727. The van der Waals surface area contributed by atoms with Gasteiger partial charge >= 0.3 is 0 Å². The van der Waals surface area contributed by atoms with Crippen molar-refractivity contribution in [1.29, 1.82) is 0 Å². The largest absolute Gasteiger partial charge is 0.396 e. The van der Waals surface area contributed by atoms with Crippen molar-refractivity contribution in [3.8, 4) is 0 Å². The molecular formula is C22H32O. The molecule has 0 spiro atoms. The second-order valence-corrected chi connectivity index (χ2v) is 9.02. The number of aliphatic hydroxyl groups is 1. The number of aliphatic hydroxyl groups excluding tert-OH is 1. The molecule has 4 aliphatic carbocycles. The van der Waals surface area contributed by atoms with E-state index >= 15 is 0 Å². The molecule has 0 aromatic rings. The van der Waals surface area contributed by atoms with Crippen molar-refractivity contribution < 1.29 is 5.11 Å². The van der Waals surface area contributed by atoms with Crippen LogP contribution in [0.2, 0.25) is 0 Å². The molecule has 126 valence electrons. The van der Waals surface area contributed by atoms with Crippen molar-refractivity contribution in [2.75, 3.05) is 6.61 Å². The third kappa shape index (κ3) is 2.08. The molecule has 0 aliphatic heterocycles. The van der Waals surface area contributed by atoms with Gasteiger partial charge in [-0.15, -0.1) is 0 Å². The lowest BCUT2D eigenvalue weighted by Gasteiger charge is -2.52. The first-order chi connectivity index (χ1) is 11.0. The summed E-state index contributed by atoms with van der Waals surface area (Å²) < 4.78 is 0. The summed E-state index contributed by atoms with van der Waals surface area (Å²) in [6.45, 7) is 7.77. The van der Waals surface area contributed by atoms with Gasteiger partial charge in [-0.25, -0.2) is 0 Å². The van der Waals surface area contributed by atoms with E-state index in [9.17, 15) is 5.11 Å². The number of fused-ring (bicyclic) bond motifs is 5. The average Bonchev–Trinajstić information content (AvgIpc) is 2.79. The van der Waals surface area contributed by atoms with E-state index in [1.165, 1.54) is 25.7 Å². The van der Waals surface area contributed by atoms with Gasteiger partial charge in [0.15, 0.2) is 0 Å². The summed E-state index contributed by atoms with van der Waals surface area (Å²) in [6.07, 6.45) is 17.3. The molecule has 1 nitrogen and oxygen atoms in total. The summed E-state index contributed by atoms with van der Waals surface area (Å²) in [5.41, 5.74) is 4.02. The van der Waals surface area contributed by atoms with Gasteiger partial charge in [0.05, 0.1) is 0 Å². The molecule has 1 N–H and O–H groups in total. The van der Waals surface area contributed by atoms with Crippen LogP contribution in [-0.4, -0.2) is 11.7 Å². The summed E-state index contributed by atoms with van der Waals surface area (Å²) in [6, 6.07) is 0. The number of hydrogen-bond acceptors (Lipinski definition) is 1. The zero-order valence-electron chi connectivity index (χ0n) is 15.0. The summed E-state index contributed by atoms with van der Waals surface area (Å²) in [5, 5.41) is 9.54. The molecule has 0 unspecified atom stereocenters. The first kappa shape index (κ1) is 15.7. The van der Waals surface area contributed by atoms with Crippen LogP contribution < -0.4 is 0 Å². The first-order valence-electron chi connectivity index (χ1n) is 9.69. The van der Waals surface area contributed by atoms with Crippen molar-refractivity contribution in [2.45, 2.75) is 59.3 Å². The van der Waals surface area contributed by atoms with E-state index in [0.717, 1.165) is 30.6 Å². The molecule has 0 heterocycles. The summed E-state index contributed by atoms with van der Waals surface area (Å²) in [7, 11) is 0. The van der Waals surface area contributed by atoms with Crippen molar-refractivity contribution >= 4 is 0 Å². The molecule has 0 radical (unpaired) electrons. The lowest BCUT2D eigenvalue weighted by molar-refractivity contribution is 0.0721. The van der Waals surface area contributed by atoms with Crippen LogP contribution >= 0.6 is 0 Å². The van der Waals surface area contributed by atoms with E-state index in [0.29, 0.717) is 17.9 Å². The third-order valence-electron chi connectivity index (χ3n) is 8.04. The maximum Gasteiger partial charge on any atom is 0.0433 e. The highest BCUT2D eigenvalue weighted by Gasteiger charge is 2.56. The molecule has 0 bridgehead atoms. The minimum absolute atomic E-state index is 0.209. The zero-order valence-corrected chi connectivity index (χ0v) is 15.0. The Hall–Kier alpha value is -0.820. The molecule has 0 aromatic carbocycles. The van der Waals surface area contributed by atoms with Gasteiger partial charge in [0.2, 0.25) is 0 Å². The second-order valence-electron chi connectivity index (χ2n) is 9.02. The van der Waals surface area contributed by atoms with Crippen LogP contribution in [0.1, 0.15) is 59.3 Å². The fourth-order valence-electron chi connectivity index (χ4n) is 6.88. The third-order valence-corrected chi connectivity index (χ3v) is 8.04. The van der Waals surface area contributed by atoms with Crippen molar-refractivity contribution in [3.05, 3.63) is 35.5 Å². The SMILES string of the molecule is C[C@@H]1C[C@H]2[C@@H]3CCC4=CCC=C[C@]4(C)C3=CC[C@]2(C)[C@H]1CCO.